The second-order valence-electron chi connectivity index (χ2n) is 7.24. The summed E-state index contributed by atoms with van der Waals surface area (Å²) in [6.45, 7) is 6.51. The van der Waals surface area contributed by atoms with Crippen LogP contribution < -0.4 is 9.47 Å². The smallest absolute Gasteiger partial charge is 0.283 e. The Morgan fingerprint density at radius 1 is 1.15 bits per heavy atom. The van der Waals surface area contributed by atoms with Gasteiger partial charge in [-0.3, -0.25) is 10.2 Å². The maximum atomic E-state index is 12.5. The third kappa shape index (κ3) is 5.23. The highest BCUT2D eigenvalue weighted by Crippen LogP contribution is 2.29. The molecule has 2 heterocycles. The summed E-state index contributed by atoms with van der Waals surface area (Å²) in [4.78, 5) is 16.6. The molecule has 0 saturated heterocycles. The summed E-state index contributed by atoms with van der Waals surface area (Å²) in [7, 11) is 0. The van der Waals surface area contributed by atoms with E-state index < -0.39 is 5.91 Å². The first-order valence-electron chi connectivity index (χ1n) is 10.6. The zero-order chi connectivity index (χ0) is 23.2. The van der Waals surface area contributed by atoms with Crippen LogP contribution in [0.5, 0.6) is 11.5 Å². The van der Waals surface area contributed by atoms with Crippen molar-refractivity contribution < 1.29 is 14.3 Å². The van der Waals surface area contributed by atoms with Crippen LogP contribution in [0.25, 0.3) is 6.08 Å². The van der Waals surface area contributed by atoms with Crippen molar-refractivity contribution >= 4 is 39.8 Å². The maximum Gasteiger partial charge on any atom is 0.283 e. The van der Waals surface area contributed by atoms with Gasteiger partial charge in [-0.05, 0) is 60.0 Å². The summed E-state index contributed by atoms with van der Waals surface area (Å²) in [6, 6.07) is 15.2. The average Bonchev–Trinajstić information content (AvgIpc) is 3.24. The number of hydrazone groups is 1. The first-order valence-corrected chi connectivity index (χ1v) is 11.4. The van der Waals surface area contributed by atoms with Gasteiger partial charge in [0.25, 0.3) is 5.91 Å². The van der Waals surface area contributed by atoms with Gasteiger partial charge in [0, 0.05) is 0 Å². The third-order valence-electron chi connectivity index (χ3n) is 4.91. The van der Waals surface area contributed by atoms with Crippen LogP contribution in [0.2, 0.25) is 0 Å². The number of carbonyl (C=O) groups excluding carboxylic acids is 1. The second-order valence-corrected chi connectivity index (χ2v) is 8.28. The molecule has 2 aromatic carbocycles. The van der Waals surface area contributed by atoms with Crippen molar-refractivity contribution in [1.82, 2.24) is 5.01 Å². The number of fused-ring (bicyclic) bond motifs is 1. The normalized spacial score (nSPS) is 16.4. The number of carbonyl (C=O) groups is 1. The number of allylic oxidation sites excluding steroid dienone is 1. The number of amidine groups is 2. The highest BCUT2D eigenvalue weighted by atomic mass is 32.2. The van der Waals surface area contributed by atoms with Crippen LogP contribution >= 0.6 is 11.8 Å². The van der Waals surface area contributed by atoms with Gasteiger partial charge in [-0.15, -0.1) is 6.58 Å². The SMILES string of the molecule is C=CCc1ccccc1OCCOc1cccc(C=C2C(=N)N3N=C(CC)SC3=NC2=O)c1. The Kier molecular flexibility index (Phi) is 7.04. The largest absolute Gasteiger partial charge is 0.490 e. The van der Waals surface area contributed by atoms with Crippen molar-refractivity contribution in [3.8, 4) is 11.5 Å². The van der Waals surface area contributed by atoms with Crippen molar-refractivity contribution in [1.29, 1.82) is 5.41 Å². The number of amides is 1. The lowest BCUT2D eigenvalue weighted by molar-refractivity contribution is -0.114. The van der Waals surface area contributed by atoms with Crippen LogP contribution in [0.3, 0.4) is 0 Å². The Morgan fingerprint density at radius 2 is 1.97 bits per heavy atom. The van der Waals surface area contributed by atoms with E-state index in [1.807, 2.05) is 61.5 Å². The predicted molar refractivity (Wildman–Crippen MR) is 133 cm³/mol. The predicted octanol–water partition coefficient (Wildman–Crippen LogP) is 4.90. The van der Waals surface area contributed by atoms with E-state index in [1.165, 1.54) is 16.8 Å². The fraction of sp³-hybridized carbons (Fsp3) is 0.200. The van der Waals surface area contributed by atoms with Crippen LogP contribution in [0.1, 0.15) is 24.5 Å². The van der Waals surface area contributed by atoms with E-state index in [-0.39, 0.29) is 11.4 Å². The van der Waals surface area contributed by atoms with E-state index in [0.29, 0.717) is 24.1 Å². The Balaban J connectivity index is 1.40. The van der Waals surface area contributed by atoms with Crippen molar-refractivity contribution in [2.24, 2.45) is 10.1 Å². The molecule has 0 aliphatic carbocycles. The molecule has 4 rings (SSSR count). The Hall–Kier alpha value is -3.65. The molecule has 0 spiro atoms. The molecule has 8 heteroatoms. The van der Waals surface area contributed by atoms with Crippen LogP contribution in [0, 0.1) is 5.41 Å². The number of para-hydroxylation sites is 1. The first kappa shape index (κ1) is 22.5. The molecule has 7 nitrogen and oxygen atoms in total. The third-order valence-corrected chi connectivity index (χ3v) is 5.97. The maximum absolute atomic E-state index is 12.5. The summed E-state index contributed by atoms with van der Waals surface area (Å²) in [5, 5.41) is 15.5. The van der Waals surface area contributed by atoms with Gasteiger partial charge >= 0.3 is 0 Å². The summed E-state index contributed by atoms with van der Waals surface area (Å²) < 4.78 is 11.7. The minimum Gasteiger partial charge on any atom is -0.490 e. The molecule has 2 aliphatic rings. The molecule has 0 fully saturated rings. The standard InChI is InChI=1S/C25H24N4O3S/c1-3-8-18-10-5-6-12-21(18)32-14-13-31-19-11-7-9-17(15-19)16-20-23(26)29-25(27-24(20)30)33-22(4-2)28-29/h3,5-7,9-12,15-16,26H,1,4,8,13-14H2,2H3. The molecule has 0 atom stereocenters. The van der Waals surface area contributed by atoms with Crippen LogP contribution in [-0.2, 0) is 11.2 Å². The molecular weight excluding hydrogens is 436 g/mol. The number of nitrogens with one attached hydrogen (secondary N) is 1. The van der Waals surface area contributed by atoms with Crippen molar-refractivity contribution in [2.75, 3.05) is 13.2 Å². The van der Waals surface area contributed by atoms with E-state index in [0.717, 1.165) is 34.8 Å². The molecule has 0 aromatic heterocycles. The van der Waals surface area contributed by atoms with E-state index in [1.54, 1.807) is 6.08 Å². The molecule has 1 amide bonds. The van der Waals surface area contributed by atoms with E-state index >= 15 is 0 Å². The summed E-state index contributed by atoms with van der Waals surface area (Å²) in [5.74, 6) is 1.06. The molecule has 33 heavy (non-hydrogen) atoms. The highest BCUT2D eigenvalue weighted by molar-refractivity contribution is 8.26. The molecule has 0 saturated carbocycles. The average molecular weight is 461 g/mol. The summed E-state index contributed by atoms with van der Waals surface area (Å²) in [6.07, 6.45) is 4.96. The van der Waals surface area contributed by atoms with Crippen LogP contribution in [0.4, 0.5) is 0 Å². The lowest BCUT2D eigenvalue weighted by Gasteiger charge is -2.20. The van der Waals surface area contributed by atoms with Gasteiger partial charge in [0.2, 0.25) is 5.17 Å². The lowest BCUT2D eigenvalue weighted by Crippen LogP contribution is -2.35. The van der Waals surface area contributed by atoms with Crippen LogP contribution in [0.15, 0.2) is 76.9 Å². The number of rotatable bonds is 9. The topological polar surface area (TPSA) is 87.3 Å². The monoisotopic (exact) mass is 460 g/mol. The van der Waals surface area contributed by atoms with E-state index in [4.69, 9.17) is 14.9 Å². The van der Waals surface area contributed by atoms with Gasteiger partial charge in [-0.2, -0.15) is 15.1 Å². The van der Waals surface area contributed by atoms with Gasteiger partial charge in [0.05, 0.1) is 5.57 Å². The number of hydrogen-bond donors (Lipinski definition) is 1. The number of nitrogens with zero attached hydrogens (tertiary/aromatic N) is 3. The molecule has 1 N–H and O–H groups in total. The molecule has 168 valence electrons. The van der Waals surface area contributed by atoms with Gasteiger partial charge in [0.15, 0.2) is 5.84 Å². The Morgan fingerprint density at radius 3 is 2.79 bits per heavy atom. The van der Waals surface area contributed by atoms with E-state index in [2.05, 4.69) is 16.7 Å². The van der Waals surface area contributed by atoms with E-state index in [9.17, 15) is 4.79 Å². The molecule has 0 unspecified atom stereocenters. The molecule has 0 bridgehead atoms. The van der Waals surface area contributed by atoms with Crippen molar-refractivity contribution in [3.05, 3.63) is 77.9 Å². The minimum atomic E-state index is -0.441. The Labute approximate surface area is 197 Å². The molecule has 2 aromatic rings. The fourth-order valence-corrected chi connectivity index (χ4v) is 4.14. The number of aliphatic imine (C=N–C) groups is 1. The number of benzene rings is 2. The summed E-state index contributed by atoms with van der Waals surface area (Å²) in [5.41, 5.74) is 2.01. The molecular formula is C25H24N4O3S. The van der Waals surface area contributed by atoms with Crippen molar-refractivity contribution in [2.45, 2.75) is 19.8 Å². The summed E-state index contributed by atoms with van der Waals surface area (Å²) >= 11 is 1.33. The quantitative estimate of drug-likeness (QED) is 0.327. The molecule has 0 radical (unpaired) electrons. The second kappa shape index (κ2) is 10.3. The number of ether oxygens (including phenoxy) is 2. The zero-order valence-corrected chi connectivity index (χ0v) is 19.1. The van der Waals surface area contributed by atoms with Gasteiger partial charge < -0.3 is 9.47 Å². The molecule has 2 aliphatic heterocycles. The lowest BCUT2D eigenvalue weighted by atomic mass is 10.1. The minimum absolute atomic E-state index is 0.0267. The number of hydrogen-bond acceptors (Lipinski definition) is 6. The van der Waals surface area contributed by atoms with Gasteiger partial charge in [0.1, 0.15) is 29.8 Å². The zero-order valence-electron chi connectivity index (χ0n) is 18.3. The van der Waals surface area contributed by atoms with Gasteiger partial charge in [-0.1, -0.05) is 43.3 Å². The highest BCUT2D eigenvalue weighted by Gasteiger charge is 2.35. The first-order chi connectivity index (χ1) is 16.1. The fourth-order valence-electron chi connectivity index (χ4n) is 3.32. The Bertz CT molecular complexity index is 1190. The number of thioether (sulfide) groups is 1. The van der Waals surface area contributed by atoms with Crippen LogP contribution in [-0.4, -0.2) is 40.2 Å². The van der Waals surface area contributed by atoms with Crippen molar-refractivity contribution in [3.63, 3.8) is 0 Å². The van der Waals surface area contributed by atoms with Gasteiger partial charge in [-0.25, -0.2) is 0 Å².